The third-order valence-corrected chi connectivity index (χ3v) is 4.44. The van der Waals surface area contributed by atoms with Gasteiger partial charge in [-0.1, -0.05) is 0 Å². The summed E-state index contributed by atoms with van der Waals surface area (Å²) in [4.78, 5) is 12.6. The summed E-state index contributed by atoms with van der Waals surface area (Å²) in [7, 11) is 0. The SMILES string of the molecule is CC1c2ccsc2CCN1c1nccc(CN)n1. The molecule has 3 heterocycles. The highest BCUT2D eigenvalue weighted by molar-refractivity contribution is 7.10. The van der Waals surface area contributed by atoms with Gasteiger partial charge in [0.2, 0.25) is 5.95 Å². The standard InChI is InChI=1S/C13H16N4S/c1-9-11-4-7-18-12(11)3-6-17(9)13-15-5-2-10(8-14)16-13/h2,4-5,7,9H,3,6,8,14H2,1H3. The Hall–Kier alpha value is -1.46. The lowest BCUT2D eigenvalue weighted by Crippen LogP contribution is -2.34. The van der Waals surface area contributed by atoms with E-state index in [1.54, 1.807) is 6.20 Å². The highest BCUT2D eigenvalue weighted by Gasteiger charge is 2.26. The summed E-state index contributed by atoms with van der Waals surface area (Å²) >= 11 is 1.85. The second-order valence-corrected chi connectivity index (χ2v) is 5.47. The maximum absolute atomic E-state index is 5.64. The Balaban J connectivity index is 1.94. The van der Waals surface area contributed by atoms with Gasteiger partial charge in [-0.05, 0) is 36.4 Å². The molecule has 2 N–H and O–H groups in total. The van der Waals surface area contributed by atoms with Crippen molar-refractivity contribution in [2.24, 2.45) is 5.73 Å². The van der Waals surface area contributed by atoms with Gasteiger partial charge in [-0.15, -0.1) is 11.3 Å². The van der Waals surface area contributed by atoms with Crippen LogP contribution in [0.15, 0.2) is 23.7 Å². The van der Waals surface area contributed by atoms with Gasteiger partial charge in [0.05, 0.1) is 11.7 Å². The molecule has 0 saturated heterocycles. The van der Waals surface area contributed by atoms with Crippen LogP contribution < -0.4 is 10.6 Å². The second kappa shape index (κ2) is 4.66. The van der Waals surface area contributed by atoms with Gasteiger partial charge in [-0.3, -0.25) is 0 Å². The van der Waals surface area contributed by atoms with E-state index >= 15 is 0 Å². The van der Waals surface area contributed by atoms with Crippen molar-refractivity contribution >= 4 is 17.3 Å². The first-order valence-electron chi connectivity index (χ1n) is 6.14. The topological polar surface area (TPSA) is 55.0 Å². The van der Waals surface area contributed by atoms with Gasteiger partial charge in [-0.2, -0.15) is 0 Å². The van der Waals surface area contributed by atoms with Crippen LogP contribution in [0, 0.1) is 0 Å². The summed E-state index contributed by atoms with van der Waals surface area (Å²) in [5.41, 5.74) is 7.94. The second-order valence-electron chi connectivity index (χ2n) is 4.47. The number of rotatable bonds is 2. The molecule has 94 valence electrons. The highest BCUT2D eigenvalue weighted by Crippen LogP contribution is 2.34. The van der Waals surface area contributed by atoms with Crippen molar-refractivity contribution in [1.29, 1.82) is 0 Å². The first-order valence-corrected chi connectivity index (χ1v) is 7.02. The van der Waals surface area contributed by atoms with Gasteiger partial charge in [-0.25, -0.2) is 9.97 Å². The molecule has 2 aromatic rings. The number of nitrogens with two attached hydrogens (primary N) is 1. The fraction of sp³-hybridized carbons (Fsp3) is 0.385. The molecule has 18 heavy (non-hydrogen) atoms. The molecule has 5 heteroatoms. The van der Waals surface area contributed by atoms with E-state index in [9.17, 15) is 0 Å². The van der Waals surface area contributed by atoms with E-state index in [4.69, 9.17) is 5.73 Å². The smallest absolute Gasteiger partial charge is 0.226 e. The fourth-order valence-corrected chi connectivity index (χ4v) is 3.38. The number of anilines is 1. The summed E-state index contributed by atoms with van der Waals surface area (Å²) in [6, 6.07) is 4.42. The maximum atomic E-state index is 5.64. The van der Waals surface area contributed by atoms with E-state index in [1.165, 1.54) is 10.4 Å². The van der Waals surface area contributed by atoms with Crippen LogP contribution >= 0.6 is 11.3 Å². The normalized spacial score (nSPS) is 18.8. The molecule has 1 aliphatic heterocycles. The summed E-state index contributed by atoms with van der Waals surface area (Å²) in [5.74, 6) is 0.794. The predicted octanol–water partition coefficient (Wildman–Crippen LogP) is 2.12. The summed E-state index contributed by atoms with van der Waals surface area (Å²) in [6.45, 7) is 3.65. The zero-order chi connectivity index (χ0) is 12.5. The van der Waals surface area contributed by atoms with Crippen molar-refractivity contribution in [3.05, 3.63) is 39.8 Å². The van der Waals surface area contributed by atoms with Gasteiger partial charge >= 0.3 is 0 Å². The molecule has 1 atom stereocenters. The number of hydrogen-bond acceptors (Lipinski definition) is 5. The number of fused-ring (bicyclic) bond motifs is 1. The van der Waals surface area contributed by atoms with Crippen LogP contribution in [0.25, 0.3) is 0 Å². The van der Waals surface area contributed by atoms with Crippen LogP contribution in [-0.2, 0) is 13.0 Å². The Morgan fingerprint density at radius 2 is 2.39 bits per heavy atom. The molecule has 2 aromatic heterocycles. The molecule has 4 nitrogen and oxygen atoms in total. The van der Waals surface area contributed by atoms with Crippen molar-refractivity contribution in [1.82, 2.24) is 9.97 Å². The quantitative estimate of drug-likeness (QED) is 0.898. The molecule has 0 saturated carbocycles. The summed E-state index contributed by atoms with van der Waals surface area (Å²) in [6.07, 6.45) is 2.87. The molecule has 0 fully saturated rings. The van der Waals surface area contributed by atoms with Crippen LogP contribution in [0.2, 0.25) is 0 Å². The van der Waals surface area contributed by atoms with E-state index in [1.807, 2.05) is 17.4 Å². The van der Waals surface area contributed by atoms with Gasteiger partial charge in [0, 0.05) is 24.2 Å². The fourth-order valence-electron chi connectivity index (χ4n) is 2.42. The molecule has 0 amide bonds. The van der Waals surface area contributed by atoms with Crippen LogP contribution in [0.4, 0.5) is 5.95 Å². The Morgan fingerprint density at radius 3 is 3.22 bits per heavy atom. The first-order chi connectivity index (χ1) is 8.79. The van der Waals surface area contributed by atoms with E-state index in [0.717, 1.165) is 24.6 Å². The molecule has 3 rings (SSSR count). The van der Waals surface area contributed by atoms with Crippen molar-refractivity contribution in [2.45, 2.75) is 25.9 Å². The van der Waals surface area contributed by atoms with Crippen LogP contribution in [-0.4, -0.2) is 16.5 Å². The highest BCUT2D eigenvalue weighted by atomic mass is 32.1. The number of hydrogen-bond donors (Lipinski definition) is 1. The monoisotopic (exact) mass is 260 g/mol. The lowest BCUT2D eigenvalue weighted by Gasteiger charge is -2.33. The molecule has 0 aromatic carbocycles. The average Bonchev–Trinajstić information content (AvgIpc) is 2.88. The van der Waals surface area contributed by atoms with Gasteiger partial charge in [0.1, 0.15) is 0 Å². The van der Waals surface area contributed by atoms with E-state index in [2.05, 4.69) is 33.2 Å². The van der Waals surface area contributed by atoms with Crippen molar-refractivity contribution < 1.29 is 0 Å². The minimum absolute atomic E-state index is 0.341. The molecule has 0 aliphatic carbocycles. The molecular weight excluding hydrogens is 244 g/mol. The molecule has 0 spiro atoms. The van der Waals surface area contributed by atoms with Crippen molar-refractivity contribution in [3.63, 3.8) is 0 Å². The molecular formula is C13H16N4S. The molecule has 1 aliphatic rings. The van der Waals surface area contributed by atoms with Gasteiger partial charge in [0.15, 0.2) is 0 Å². The molecule has 0 bridgehead atoms. The van der Waals surface area contributed by atoms with Gasteiger partial charge in [0.25, 0.3) is 0 Å². The van der Waals surface area contributed by atoms with Gasteiger partial charge < -0.3 is 10.6 Å². The largest absolute Gasteiger partial charge is 0.334 e. The lowest BCUT2D eigenvalue weighted by atomic mass is 10.0. The van der Waals surface area contributed by atoms with E-state index in [0.29, 0.717) is 12.6 Å². The Bertz CT molecular complexity index is 551. The Morgan fingerprint density at radius 1 is 1.50 bits per heavy atom. The van der Waals surface area contributed by atoms with Crippen molar-refractivity contribution in [3.8, 4) is 0 Å². The lowest BCUT2D eigenvalue weighted by molar-refractivity contribution is 0.613. The van der Waals surface area contributed by atoms with E-state index < -0.39 is 0 Å². The number of thiophene rings is 1. The van der Waals surface area contributed by atoms with Crippen LogP contribution in [0.1, 0.15) is 29.1 Å². The summed E-state index contributed by atoms with van der Waals surface area (Å²) < 4.78 is 0. The van der Waals surface area contributed by atoms with Crippen LogP contribution in [0.5, 0.6) is 0 Å². The van der Waals surface area contributed by atoms with Crippen LogP contribution in [0.3, 0.4) is 0 Å². The molecule has 0 radical (unpaired) electrons. The zero-order valence-corrected chi connectivity index (χ0v) is 11.2. The molecule has 1 unspecified atom stereocenters. The summed E-state index contributed by atoms with van der Waals surface area (Å²) in [5, 5.41) is 2.17. The zero-order valence-electron chi connectivity index (χ0n) is 10.3. The average molecular weight is 260 g/mol. The number of nitrogens with zero attached hydrogens (tertiary/aromatic N) is 3. The Kier molecular flexibility index (Phi) is 3.01. The van der Waals surface area contributed by atoms with E-state index in [-0.39, 0.29) is 0 Å². The third-order valence-electron chi connectivity index (χ3n) is 3.44. The van der Waals surface area contributed by atoms with Crippen molar-refractivity contribution in [2.75, 3.05) is 11.4 Å². The minimum Gasteiger partial charge on any atom is -0.334 e. The third kappa shape index (κ3) is 1.89. The maximum Gasteiger partial charge on any atom is 0.226 e. The first kappa shape index (κ1) is 11.6. The predicted molar refractivity (Wildman–Crippen MR) is 73.7 cm³/mol. The Labute approximate surface area is 110 Å². The minimum atomic E-state index is 0.341. The number of aromatic nitrogens is 2.